The summed E-state index contributed by atoms with van der Waals surface area (Å²) < 4.78 is 31.4. The van der Waals surface area contributed by atoms with Gasteiger partial charge in [0, 0.05) is 44.6 Å². The van der Waals surface area contributed by atoms with Crippen LogP contribution in [0.4, 0.5) is 0 Å². The fraction of sp³-hybridized carbons (Fsp3) is 0.674. The van der Waals surface area contributed by atoms with Gasteiger partial charge in [-0.2, -0.15) is 0 Å². The summed E-state index contributed by atoms with van der Waals surface area (Å²) in [6.07, 6.45) is 7.57. The maximum absolute atomic E-state index is 13.5. The van der Waals surface area contributed by atoms with Crippen LogP contribution in [0.3, 0.4) is 0 Å². The number of methoxy groups -OCH3 is 2. The molecule has 1 aromatic carbocycles. The first-order chi connectivity index (χ1) is 25.6. The highest BCUT2D eigenvalue weighted by Crippen LogP contribution is 2.31. The molecule has 4 rings (SSSR count). The number of cyclic esters (lactones) is 1. The average Bonchev–Trinajstić information content (AvgIpc) is 3.62. The molecule has 2 unspecified atom stereocenters. The van der Waals surface area contributed by atoms with Gasteiger partial charge < -0.3 is 28.8 Å². The summed E-state index contributed by atoms with van der Waals surface area (Å²) in [7, 11) is 3.05. The lowest BCUT2D eigenvalue weighted by Gasteiger charge is -2.42. The van der Waals surface area contributed by atoms with E-state index in [1.807, 2.05) is 43.8 Å². The highest BCUT2D eigenvalue weighted by atomic mass is 16.7. The molecular formula is C43H65N3O8. The normalized spacial score (nSPS) is 32.5. The van der Waals surface area contributed by atoms with E-state index in [4.69, 9.17) is 23.7 Å². The van der Waals surface area contributed by atoms with Crippen LogP contribution >= 0.6 is 0 Å². The van der Waals surface area contributed by atoms with E-state index in [9.17, 15) is 14.7 Å². The summed E-state index contributed by atoms with van der Waals surface area (Å²) in [6.45, 7) is 17.3. The SMILES string of the molecule is CC[C@H]1OC(=O)CC[C@H](C)C[C@@H](CCn2cc(-c3ccc(C(C)(C)C)cc3)nn2)C[C@@H](C)C(=O)/C=C/C(C)=C/[C@@H]1CO[C@@H]1OC(C)[C@@H](O)[C@H](OC)C1OC. The van der Waals surface area contributed by atoms with E-state index in [-0.39, 0.29) is 47.4 Å². The summed E-state index contributed by atoms with van der Waals surface area (Å²) in [6, 6.07) is 8.51. The lowest BCUT2D eigenvalue weighted by Crippen LogP contribution is -2.59. The van der Waals surface area contributed by atoms with Gasteiger partial charge in [-0.3, -0.25) is 14.3 Å². The molecule has 2 aliphatic rings. The Morgan fingerprint density at radius 1 is 1.00 bits per heavy atom. The van der Waals surface area contributed by atoms with Crippen LogP contribution in [0.25, 0.3) is 11.3 Å². The minimum Gasteiger partial charge on any atom is -0.462 e. The van der Waals surface area contributed by atoms with E-state index in [1.165, 1.54) is 19.8 Å². The lowest BCUT2D eigenvalue weighted by molar-refractivity contribution is -0.304. The fourth-order valence-electron chi connectivity index (χ4n) is 7.57. The first kappa shape index (κ1) is 43.5. The molecule has 11 heteroatoms. The predicted octanol–water partition coefficient (Wildman–Crippen LogP) is 7.26. The van der Waals surface area contributed by atoms with Gasteiger partial charge in [0.2, 0.25) is 0 Å². The van der Waals surface area contributed by atoms with Crippen LogP contribution in [0.2, 0.25) is 0 Å². The molecule has 2 aromatic rings. The number of esters is 1. The highest BCUT2D eigenvalue weighted by Gasteiger charge is 2.45. The first-order valence-corrected chi connectivity index (χ1v) is 19.7. The van der Waals surface area contributed by atoms with E-state index in [0.717, 1.165) is 36.1 Å². The molecule has 1 fully saturated rings. The minimum absolute atomic E-state index is 0.0807. The molecule has 0 bridgehead atoms. The third kappa shape index (κ3) is 12.1. The summed E-state index contributed by atoms with van der Waals surface area (Å²) in [5, 5.41) is 19.5. The number of rotatable bonds is 10. The van der Waals surface area contributed by atoms with Crippen molar-refractivity contribution in [3.63, 3.8) is 0 Å². The quantitative estimate of drug-likeness (QED) is 0.248. The number of carbonyl (C=O) groups excluding carboxylic acids is 2. The Bertz CT molecular complexity index is 1550. The molecule has 300 valence electrons. The molecule has 1 N–H and O–H groups in total. The van der Waals surface area contributed by atoms with Crippen LogP contribution in [0, 0.1) is 23.7 Å². The van der Waals surface area contributed by atoms with Crippen molar-refractivity contribution < 1.29 is 38.4 Å². The number of aliphatic hydroxyl groups excluding tert-OH is 1. The van der Waals surface area contributed by atoms with Crippen molar-refractivity contribution in [2.24, 2.45) is 23.7 Å². The molecule has 0 spiro atoms. The minimum atomic E-state index is -0.874. The topological polar surface area (TPSA) is 131 Å². The average molecular weight is 752 g/mol. The Hall–Kier alpha value is -3.22. The summed E-state index contributed by atoms with van der Waals surface area (Å²) in [5.74, 6) is -0.135. The number of benzene rings is 1. The molecule has 10 atom stereocenters. The van der Waals surface area contributed by atoms with Gasteiger partial charge in [0.25, 0.3) is 0 Å². The number of hydrogen-bond donors (Lipinski definition) is 1. The molecule has 54 heavy (non-hydrogen) atoms. The van der Waals surface area contributed by atoms with Crippen LogP contribution in [0.15, 0.2) is 54.3 Å². The van der Waals surface area contributed by atoms with Crippen LogP contribution in [-0.4, -0.2) is 89.5 Å². The Balaban J connectivity index is 1.46. The van der Waals surface area contributed by atoms with Crippen LogP contribution < -0.4 is 0 Å². The fourth-order valence-corrected chi connectivity index (χ4v) is 7.57. The number of carbonyl (C=O) groups is 2. The van der Waals surface area contributed by atoms with E-state index < -0.39 is 36.8 Å². The van der Waals surface area contributed by atoms with Crippen molar-refractivity contribution in [3.05, 3.63) is 59.8 Å². The maximum Gasteiger partial charge on any atom is 0.306 e. The smallest absolute Gasteiger partial charge is 0.306 e. The first-order valence-electron chi connectivity index (χ1n) is 19.7. The second kappa shape index (κ2) is 20.1. The van der Waals surface area contributed by atoms with Gasteiger partial charge in [-0.1, -0.05) is 88.7 Å². The van der Waals surface area contributed by atoms with E-state index in [1.54, 1.807) is 13.0 Å². The number of nitrogens with zero attached hydrogens (tertiary/aromatic N) is 3. The summed E-state index contributed by atoms with van der Waals surface area (Å²) in [5.41, 5.74) is 4.09. The third-order valence-corrected chi connectivity index (χ3v) is 11.0. The molecule has 1 saturated heterocycles. The molecule has 3 heterocycles. The summed E-state index contributed by atoms with van der Waals surface area (Å²) in [4.78, 5) is 26.8. The molecule has 11 nitrogen and oxygen atoms in total. The number of allylic oxidation sites excluding steroid dienone is 3. The number of aliphatic hydroxyl groups is 1. The van der Waals surface area contributed by atoms with Crippen molar-refractivity contribution in [2.45, 2.75) is 143 Å². The Morgan fingerprint density at radius 2 is 1.70 bits per heavy atom. The van der Waals surface area contributed by atoms with Gasteiger partial charge in [-0.25, -0.2) is 0 Å². The van der Waals surface area contributed by atoms with E-state index in [0.29, 0.717) is 25.8 Å². The largest absolute Gasteiger partial charge is 0.462 e. The van der Waals surface area contributed by atoms with Crippen molar-refractivity contribution in [1.82, 2.24) is 15.0 Å². The van der Waals surface area contributed by atoms with Crippen molar-refractivity contribution in [3.8, 4) is 11.3 Å². The second-order valence-corrected chi connectivity index (χ2v) is 16.5. The van der Waals surface area contributed by atoms with Crippen molar-refractivity contribution in [2.75, 3.05) is 20.8 Å². The van der Waals surface area contributed by atoms with Crippen LogP contribution in [0.5, 0.6) is 0 Å². The maximum atomic E-state index is 13.5. The van der Waals surface area contributed by atoms with Gasteiger partial charge in [0.05, 0.1) is 18.9 Å². The molecule has 0 radical (unpaired) electrons. The molecule has 0 amide bonds. The van der Waals surface area contributed by atoms with Gasteiger partial charge in [-0.15, -0.1) is 5.10 Å². The predicted molar refractivity (Wildman–Crippen MR) is 209 cm³/mol. The molecule has 1 aromatic heterocycles. The molecule has 2 aliphatic heterocycles. The summed E-state index contributed by atoms with van der Waals surface area (Å²) >= 11 is 0. The van der Waals surface area contributed by atoms with Crippen LogP contribution in [-0.2, 0) is 45.2 Å². The van der Waals surface area contributed by atoms with Gasteiger partial charge in [0.15, 0.2) is 12.1 Å². The van der Waals surface area contributed by atoms with Crippen LogP contribution in [0.1, 0.15) is 99.5 Å². The zero-order valence-corrected chi connectivity index (χ0v) is 34.2. The molecular weight excluding hydrogens is 686 g/mol. The lowest BCUT2D eigenvalue weighted by atomic mass is 9.83. The van der Waals surface area contributed by atoms with E-state index >= 15 is 0 Å². The number of ether oxygens (including phenoxy) is 5. The van der Waals surface area contributed by atoms with Crippen molar-refractivity contribution >= 4 is 11.8 Å². The second-order valence-electron chi connectivity index (χ2n) is 16.5. The van der Waals surface area contributed by atoms with Gasteiger partial charge in [0.1, 0.15) is 30.1 Å². The number of hydrogen-bond acceptors (Lipinski definition) is 10. The molecule has 0 aliphatic carbocycles. The zero-order chi connectivity index (χ0) is 39.6. The van der Waals surface area contributed by atoms with E-state index in [2.05, 4.69) is 62.3 Å². The number of ketones is 1. The Kier molecular flexibility index (Phi) is 16.2. The third-order valence-electron chi connectivity index (χ3n) is 11.0. The Morgan fingerprint density at radius 3 is 2.35 bits per heavy atom. The monoisotopic (exact) mass is 751 g/mol. The zero-order valence-electron chi connectivity index (χ0n) is 34.2. The number of aryl methyl sites for hydroxylation is 1. The van der Waals surface area contributed by atoms with Gasteiger partial charge in [-0.05, 0) is 74.8 Å². The van der Waals surface area contributed by atoms with Gasteiger partial charge >= 0.3 is 5.97 Å². The van der Waals surface area contributed by atoms with Crippen molar-refractivity contribution in [1.29, 1.82) is 0 Å². The highest BCUT2D eigenvalue weighted by molar-refractivity contribution is 5.91. The Labute approximate surface area is 322 Å². The number of aromatic nitrogens is 3. The standard InChI is InChI=1S/C43H65N3O8/c1-11-37-33(26-52-42-41(51-10)40(50-9)39(49)30(5)53-42)23-28(3)12-18-36(47)29(4)24-31(22-27(2)13-19-38(48)54-37)20-21-46-25-35(44-45-46)32-14-16-34(17-15-32)43(6,7)8/h12,14-18,23,25,27,29-31,33,37,39-42,49H,11,13,19-22,24,26H2,1-10H3/b18-12+,28-23+/t27-,29+,30?,31+,33+,37+,39+,40-,41?,42+/m0/s1. The molecule has 0 saturated carbocycles.